The molecule has 0 atom stereocenters. The first kappa shape index (κ1) is 27.2. The highest BCUT2D eigenvalue weighted by atomic mass is 35.6. The minimum absolute atomic E-state index is 0.0674. The molecular weight excluding hydrogens is 472 g/mol. The van der Waals surface area contributed by atoms with Crippen LogP contribution in [0.4, 0.5) is 0 Å². The smallest absolute Gasteiger partial charge is 0.379 e. The summed E-state index contributed by atoms with van der Waals surface area (Å²) in [7, 11) is -5.60. The van der Waals surface area contributed by atoms with Crippen LogP contribution in [0, 0.1) is 0 Å². The molecule has 3 rings (SSSR count). The van der Waals surface area contributed by atoms with Gasteiger partial charge in [-0.05, 0) is 88.6 Å². The molecule has 0 aliphatic carbocycles. The molecule has 2 aliphatic rings. The Kier molecular flexibility index (Phi) is 6.68. The van der Waals surface area contributed by atoms with E-state index in [-0.39, 0.29) is 22.2 Å². The highest BCUT2D eigenvalue weighted by Gasteiger charge is 2.76. The van der Waals surface area contributed by atoms with Crippen molar-refractivity contribution in [2.75, 3.05) is 0 Å². The van der Waals surface area contributed by atoms with E-state index in [0.717, 1.165) is 6.04 Å². The molecule has 0 saturated heterocycles. The quantitative estimate of drug-likeness (QED) is 0.320. The average molecular weight is 519 g/mol. The molecule has 34 heavy (non-hydrogen) atoms. The highest BCUT2D eigenvalue weighted by Crippen LogP contribution is 2.51. The number of halogens is 1. The van der Waals surface area contributed by atoms with Gasteiger partial charge in [-0.15, -0.1) is 11.1 Å². The van der Waals surface area contributed by atoms with Crippen LogP contribution in [0.2, 0.25) is 0 Å². The first-order valence-electron chi connectivity index (χ1n) is 12.5. The van der Waals surface area contributed by atoms with Gasteiger partial charge in [0.05, 0.1) is 0 Å². The van der Waals surface area contributed by atoms with Crippen LogP contribution in [0.15, 0.2) is 55.1 Å². The molecule has 0 aromatic heterocycles. The number of rotatable bonds is 3. The lowest BCUT2D eigenvalue weighted by atomic mass is 10.1. The molecular formula is C27H47ClN4Si2. The van der Waals surface area contributed by atoms with E-state index in [4.69, 9.17) is 11.1 Å². The standard InChI is InChI=1S/C27H47ClN4Si2/c1-24(2,3)29-18-19-30(25(4,5)6)33(29,22-23-16-14-13-15-17-23)34(28)31(26(7,8)9)20-21-32(34)27(10,11)12/h13-21H,22H2,1-12H3. The van der Waals surface area contributed by atoms with Gasteiger partial charge in [-0.2, -0.15) is 0 Å². The second-order valence-corrected chi connectivity index (χ2v) is 25.9. The number of nitrogens with zero attached hydrogens (tertiary/aromatic N) is 4. The lowest BCUT2D eigenvalue weighted by Crippen LogP contribution is -2.89. The molecule has 4 nitrogen and oxygen atoms in total. The zero-order valence-electron chi connectivity index (χ0n) is 23.6. The molecule has 0 saturated carbocycles. The average Bonchev–Trinajstić information content (AvgIpc) is 3.21. The van der Waals surface area contributed by atoms with E-state index < -0.39 is 15.1 Å². The summed E-state index contributed by atoms with van der Waals surface area (Å²) >= 11 is 8.45. The SMILES string of the molecule is CC(C)(C)N1C=CN(C(C)(C)C)[Si]1(Cl)[Si]1(Cc2ccccc2)N(C(C)(C)C)C=CN1C(C)(C)C. The van der Waals surface area contributed by atoms with Crippen LogP contribution in [0.1, 0.15) is 88.6 Å². The predicted octanol–water partition coefficient (Wildman–Crippen LogP) is 6.84. The number of benzene rings is 1. The Morgan fingerprint density at radius 1 is 0.559 bits per heavy atom. The Hall–Kier alpha value is -1.38. The van der Waals surface area contributed by atoms with Gasteiger partial charge in [0.2, 0.25) is 0 Å². The molecule has 0 spiro atoms. The predicted molar refractivity (Wildman–Crippen MR) is 152 cm³/mol. The molecule has 0 fully saturated rings. The highest BCUT2D eigenvalue weighted by molar-refractivity contribution is 7.56. The van der Waals surface area contributed by atoms with Crippen molar-refractivity contribution in [1.29, 1.82) is 0 Å². The molecule has 0 bridgehead atoms. The third-order valence-corrected chi connectivity index (χ3v) is 25.2. The molecule has 0 N–H and O–H groups in total. The Balaban J connectivity index is 2.44. The van der Waals surface area contributed by atoms with E-state index in [9.17, 15) is 0 Å². The van der Waals surface area contributed by atoms with Gasteiger partial charge in [-0.25, -0.2) is 0 Å². The summed E-state index contributed by atoms with van der Waals surface area (Å²) in [6.07, 6.45) is 9.31. The second-order valence-electron chi connectivity index (χ2n) is 13.8. The summed E-state index contributed by atoms with van der Waals surface area (Å²) in [5.41, 5.74) is 1.03. The zero-order valence-corrected chi connectivity index (χ0v) is 26.3. The lowest BCUT2D eigenvalue weighted by molar-refractivity contribution is 0.244. The molecule has 0 unspecified atom stereocenters. The molecule has 2 aliphatic heterocycles. The Morgan fingerprint density at radius 3 is 1.21 bits per heavy atom. The van der Waals surface area contributed by atoms with Gasteiger partial charge < -0.3 is 18.3 Å². The van der Waals surface area contributed by atoms with Crippen LogP contribution in [-0.2, 0) is 6.04 Å². The topological polar surface area (TPSA) is 13.0 Å². The van der Waals surface area contributed by atoms with E-state index in [1.165, 1.54) is 5.56 Å². The number of hydrogen-bond donors (Lipinski definition) is 0. The van der Waals surface area contributed by atoms with Crippen molar-refractivity contribution in [3.05, 3.63) is 60.7 Å². The van der Waals surface area contributed by atoms with Crippen molar-refractivity contribution in [1.82, 2.24) is 18.3 Å². The zero-order chi connectivity index (χ0) is 26.0. The third kappa shape index (κ3) is 4.35. The van der Waals surface area contributed by atoms with E-state index in [2.05, 4.69) is 156 Å². The fourth-order valence-electron chi connectivity index (χ4n) is 5.69. The van der Waals surface area contributed by atoms with Gasteiger partial charge in [0.15, 0.2) is 0 Å². The van der Waals surface area contributed by atoms with Crippen LogP contribution < -0.4 is 0 Å². The molecule has 2 heterocycles. The van der Waals surface area contributed by atoms with E-state index in [1.807, 2.05) is 0 Å². The van der Waals surface area contributed by atoms with E-state index in [1.54, 1.807) is 0 Å². The summed E-state index contributed by atoms with van der Waals surface area (Å²) in [6.45, 7) is 27.9. The van der Waals surface area contributed by atoms with Crippen molar-refractivity contribution in [2.24, 2.45) is 0 Å². The fourth-order valence-corrected chi connectivity index (χ4v) is 28.5. The maximum Gasteiger partial charge on any atom is 0.395 e. The van der Waals surface area contributed by atoms with Gasteiger partial charge in [0.1, 0.15) is 0 Å². The third-order valence-electron chi connectivity index (χ3n) is 6.86. The molecule has 190 valence electrons. The summed E-state index contributed by atoms with van der Waals surface area (Å²) < 4.78 is 10.6. The first-order valence-corrected chi connectivity index (χ1v) is 18.6. The van der Waals surface area contributed by atoms with Crippen molar-refractivity contribution in [3.8, 4) is 0 Å². The Bertz CT molecular complexity index is 885. The minimum Gasteiger partial charge on any atom is -0.379 e. The summed E-state index contributed by atoms with van der Waals surface area (Å²) in [5, 5.41) is 0. The van der Waals surface area contributed by atoms with Crippen LogP contribution in [0.5, 0.6) is 0 Å². The second kappa shape index (κ2) is 8.34. The first-order chi connectivity index (χ1) is 15.3. The van der Waals surface area contributed by atoms with Crippen molar-refractivity contribution >= 4 is 26.2 Å². The number of hydrogen-bond acceptors (Lipinski definition) is 4. The molecule has 0 radical (unpaired) electrons. The van der Waals surface area contributed by atoms with Crippen molar-refractivity contribution in [3.63, 3.8) is 0 Å². The fraction of sp³-hybridized carbons (Fsp3) is 0.630. The summed E-state index contributed by atoms with van der Waals surface area (Å²) in [6, 6.07) is 12.0. The van der Waals surface area contributed by atoms with Gasteiger partial charge >= 0.3 is 15.1 Å². The lowest BCUT2D eigenvalue weighted by Gasteiger charge is -2.63. The Labute approximate surface area is 216 Å². The molecule has 1 aromatic rings. The van der Waals surface area contributed by atoms with Crippen LogP contribution in [0.3, 0.4) is 0 Å². The van der Waals surface area contributed by atoms with Crippen LogP contribution in [-0.4, -0.2) is 55.6 Å². The minimum atomic E-state index is -2.91. The Morgan fingerprint density at radius 2 is 0.882 bits per heavy atom. The maximum atomic E-state index is 8.45. The molecule has 0 amide bonds. The monoisotopic (exact) mass is 518 g/mol. The van der Waals surface area contributed by atoms with Crippen LogP contribution >= 0.6 is 11.1 Å². The normalized spacial score (nSPS) is 20.6. The van der Waals surface area contributed by atoms with Crippen molar-refractivity contribution in [2.45, 2.75) is 111 Å². The molecule has 7 heteroatoms. The van der Waals surface area contributed by atoms with E-state index >= 15 is 0 Å². The van der Waals surface area contributed by atoms with Gasteiger partial charge in [-0.1, -0.05) is 30.3 Å². The van der Waals surface area contributed by atoms with Gasteiger partial charge in [0, 0.05) is 53.0 Å². The van der Waals surface area contributed by atoms with Crippen molar-refractivity contribution < 1.29 is 0 Å². The van der Waals surface area contributed by atoms with Gasteiger partial charge in [-0.3, -0.25) is 0 Å². The van der Waals surface area contributed by atoms with Crippen LogP contribution in [0.25, 0.3) is 0 Å². The summed E-state index contributed by atoms with van der Waals surface area (Å²) in [4.78, 5) is 0. The van der Waals surface area contributed by atoms with Gasteiger partial charge in [0.25, 0.3) is 0 Å². The maximum absolute atomic E-state index is 8.45. The summed E-state index contributed by atoms with van der Waals surface area (Å²) in [5.74, 6) is 0. The van der Waals surface area contributed by atoms with E-state index in [0.29, 0.717) is 0 Å². The molecule has 1 aromatic carbocycles. The largest absolute Gasteiger partial charge is 0.395 e.